The minimum Gasteiger partial charge on any atom is -0.389 e. The lowest BCUT2D eigenvalue weighted by Gasteiger charge is -2.37. The number of pyridine rings is 1. The molecule has 0 amide bonds. The molecule has 2 aliphatic rings. The second-order valence-electron chi connectivity index (χ2n) is 6.63. The van der Waals surface area contributed by atoms with Gasteiger partial charge >= 0.3 is 0 Å². The molecule has 0 atom stereocenters. The molecule has 0 radical (unpaired) electrons. The number of piperidine rings is 1. The first-order valence-corrected chi connectivity index (χ1v) is 8.36. The molecule has 1 aromatic heterocycles. The summed E-state index contributed by atoms with van der Waals surface area (Å²) < 4.78 is 0. The van der Waals surface area contributed by atoms with E-state index in [1.54, 1.807) is 0 Å². The Morgan fingerprint density at radius 1 is 1.14 bits per heavy atom. The maximum Gasteiger partial charge on any atom is 0.0771 e. The number of anilines is 1. The van der Waals surface area contributed by atoms with Crippen molar-refractivity contribution in [1.29, 1.82) is 0 Å². The van der Waals surface area contributed by atoms with Gasteiger partial charge in [-0.3, -0.25) is 4.98 Å². The quantitative estimate of drug-likeness (QED) is 0.893. The summed E-state index contributed by atoms with van der Waals surface area (Å²) >= 11 is 0. The van der Waals surface area contributed by atoms with Gasteiger partial charge in [-0.05, 0) is 37.8 Å². The molecule has 0 bridgehead atoms. The molecule has 1 saturated heterocycles. The maximum absolute atomic E-state index is 10.6. The average Bonchev–Trinajstić information content (AvgIpc) is 2.55. The van der Waals surface area contributed by atoms with Crippen LogP contribution in [0.5, 0.6) is 0 Å². The molecule has 21 heavy (non-hydrogen) atoms. The monoisotopic (exact) mass is 289 g/mol. The second-order valence-corrected chi connectivity index (χ2v) is 6.63. The molecule has 1 saturated carbocycles. The van der Waals surface area contributed by atoms with E-state index in [0.717, 1.165) is 45.3 Å². The van der Waals surface area contributed by atoms with Crippen LogP contribution in [0, 0.1) is 0 Å². The molecule has 0 unspecified atom stereocenters. The van der Waals surface area contributed by atoms with E-state index in [0.29, 0.717) is 6.04 Å². The third-order valence-electron chi connectivity index (χ3n) is 5.03. The van der Waals surface area contributed by atoms with E-state index in [2.05, 4.69) is 27.3 Å². The van der Waals surface area contributed by atoms with Gasteiger partial charge in [0.15, 0.2) is 0 Å². The highest BCUT2D eigenvalue weighted by Gasteiger charge is 2.30. The number of rotatable bonds is 4. The zero-order chi connectivity index (χ0) is 14.5. The minimum atomic E-state index is -0.444. The molecule has 1 aromatic rings. The highest BCUT2D eigenvalue weighted by atomic mass is 16.3. The summed E-state index contributed by atoms with van der Waals surface area (Å²) in [5.41, 5.74) is 0.829. The first-order chi connectivity index (χ1) is 10.3. The normalized spacial score (nSPS) is 23.2. The van der Waals surface area contributed by atoms with Gasteiger partial charge in [0.05, 0.1) is 5.60 Å². The predicted octanol–water partition coefficient (Wildman–Crippen LogP) is 2.34. The Bertz CT molecular complexity index is 423. The van der Waals surface area contributed by atoms with Crippen molar-refractivity contribution in [1.82, 2.24) is 10.3 Å². The summed E-state index contributed by atoms with van der Waals surface area (Å²) in [6.45, 7) is 2.94. The van der Waals surface area contributed by atoms with Crippen LogP contribution in [-0.2, 0) is 0 Å². The van der Waals surface area contributed by atoms with Crippen LogP contribution in [0.15, 0.2) is 24.5 Å². The molecule has 1 aliphatic carbocycles. The fraction of sp³-hybridized carbons (Fsp3) is 0.706. The lowest BCUT2D eigenvalue weighted by atomic mass is 9.84. The summed E-state index contributed by atoms with van der Waals surface area (Å²) in [6.07, 6.45) is 11.6. The van der Waals surface area contributed by atoms with Gasteiger partial charge in [0.25, 0.3) is 0 Å². The number of aromatic nitrogens is 1. The topological polar surface area (TPSA) is 48.4 Å². The van der Waals surface area contributed by atoms with Gasteiger partial charge in [0.2, 0.25) is 0 Å². The van der Waals surface area contributed by atoms with Crippen molar-refractivity contribution in [2.24, 2.45) is 0 Å². The van der Waals surface area contributed by atoms with Crippen LogP contribution in [0.4, 0.5) is 5.69 Å². The van der Waals surface area contributed by atoms with E-state index in [9.17, 15) is 5.11 Å². The highest BCUT2D eigenvalue weighted by molar-refractivity contribution is 5.44. The number of nitrogens with zero attached hydrogens (tertiary/aromatic N) is 2. The zero-order valence-corrected chi connectivity index (χ0v) is 12.8. The Labute approximate surface area is 127 Å². The van der Waals surface area contributed by atoms with Gasteiger partial charge in [-0.1, -0.05) is 19.3 Å². The fourth-order valence-electron chi connectivity index (χ4n) is 3.62. The molecule has 4 heteroatoms. The molecule has 2 fully saturated rings. The van der Waals surface area contributed by atoms with Crippen LogP contribution in [0.25, 0.3) is 0 Å². The molecule has 0 spiro atoms. The van der Waals surface area contributed by atoms with Crippen LogP contribution in [0.3, 0.4) is 0 Å². The van der Waals surface area contributed by atoms with Crippen molar-refractivity contribution >= 4 is 5.69 Å². The van der Waals surface area contributed by atoms with Crippen molar-refractivity contribution in [2.75, 3.05) is 24.5 Å². The molecular weight excluding hydrogens is 262 g/mol. The predicted molar refractivity (Wildman–Crippen MR) is 85.5 cm³/mol. The van der Waals surface area contributed by atoms with E-state index < -0.39 is 5.60 Å². The molecule has 0 aromatic carbocycles. The molecule has 3 rings (SSSR count). The first kappa shape index (κ1) is 14.8. The third-order valence-corrected chi connectivity index (χ3v) is 5.03. The zero-order valence-electron chi connectivity index (χ0n) is 12.8. The van der Waals surface area contributed by atoms with Crippen LogP contribution < -0.4 is 10.2 Å². The molecule has 2 N–H and O–H groups in total. The number of nitrogens with one attached hydrogen (secondary N) is 1. The summed E-state index contributed by atoms with van der Waals surface area (Å²) in [5, 5.41) is 14.2. The van der Waals surface area contributed by atoms with E-state index in [4.69, 9.17) is 0 Å². The van der Waals surface area contributed by atoms with Crippen molar-refractivity contribution < 1.29 is 5.11 Å². The summed E-state index contributed by atoms with van der Waals surface area (Å²) in [4.78, 5) is 6.50. The van der Waals surface area contributed by atoms with Gasteiger partial charge in [-0.15, -0.1) is 0 Å². The van der Waals surface area contributed by atoms with Gasteiger partial charge in [0.1, 0.15) is 0 Å². The second kappa shape index (κ2) is 6.75. The SMILES string of the molecule is OC1(CNC2CCN(c3ccncc3)CC2)CCCCC1. The molecule has 4 nitrogen and oxygen atoms in total. The standard InChI is InChI=1S/C17H27N3O/c21-17(8-2-1-3-9-17)14-19-15-6-12-20(13-7-15)16-4-10-18-11-5-16/h4-5,10-11,15,19,21H,1-3,6-9,12-14H2. The number of hydrogen-bond donors (Lipinski definition) is 2. The van der Waals surface area contributed by atoms with Crippen LogP contribution in [0.1, 0.15) is 44.9 Å². The van der Waals surface area contributed by atoms with Crippen LogP contribution >= 0.6 is 0 Å². The van der Waals surface area contributed by atoms with Crippen LogP contribution in [0.2, 0.25) is 0 Å². The highest BCUT2D eigenvalue weighted by Crippen LogP contribution is 2.28. The first-order valence-electron chi connectivity index (χ1n) is 8.36. The largest absolute Gasteiger partial charge is 0.389 e. The molecule has 2 heterocycles. The average molecular weight is 289 g/mol. The Balaban J connectivity index is 1.43. The van der Waals surface area contributed by atoms with E-state index >= 15 is 0 Å². The van der Waals surface area contributed by atoms with Gasteiger partial charge < -0.3 is 15.3 Å². The Hall–Kier alpha value is -1.13. The summed E-state index contributed by atoms with van der Waals surface area (Å²) in [7, 11) is 0. The van der Waals surface area contributed by atoms with Gasteiger partial charge in [-0.25, -0.2) is 0 Å². The third kappa shape index (κ3) is 3.95. The van der Waals surface area contributed by atoms with Crippen molar-refractivity contribution in [3.63, 3.8) is 0 Å². The lowest BCUT2D eigenvalue weighted by Crippen LogP contribution is -2.49. The van der Waals surface area contributed by atoms with E-state index in [1.165, 1.54) is 24.9 Å². The summed E-state index contributed by atoms with van der Waals surface area (Å²) in [6, 6.07) is 4.71. The van der Waals surface area contributed by atoms with Crippen LogP contribution in [-0.4, -0.2) is 41.4 Å². The van der Waals surface area contributed by atoms with Gasteiger partial charge in [-0.2, -0.15) is 0 Å². The number of hydrogen-bond acceptors (Lipinski definition) is 4. The van der Waals surface area contributed by atoms with E-state index in [1.807, 2.05) is 12.4 Å². The van der Waals surface area contributed by atoms with Crippen molar-refractivity contribution in [3.05, 3.63) is 24.5 Å². The van der Waals surface area contributed by atoms with Gasteiger partial charge in [0, 0.05) is 43.8 Å². The summed E-state index contributed by atoms with van der Waals surface area (Å²) in [5.74, 6) is 0. The van der Waals surface area contributed by atoms with Crippen molar-refractivity contribution in [2.45, 2.75) is 56.6 Å². The maximum atomic E-state index is 10.6. The minimum absolute atomic E-state index is 0.444. The lowest BCUT2D eigenvalue weighted by molar-refractivity contribution is 0.00205. The van der Waals surface area contributed by atoms with E-state index in [-0.39, 0.29) is 0 Å². The Kier molecular flexibility index (Phi) is 4.76. The van der Waals surface area contributed by atoms with Crippen molar-refractivity contribution in [3.8, 4) is 0 Å². The number of aliphatic hydroxyl groups is 1. The Morgan fingerprint density at radius 3 is 2.48 bits per heavy atom. The molecule has 116 valence electrons. The molecular formula is C17H27N3O. The fourth-order valence-corrected chi connectivity index (χ4v) is 3.62. The molecule has 1 aliphatic heterocycles. The Morgan fingerprint density at radius 2 is 1.81 bits per heavy atom. The smallest absolute Gasteiger partial charge is 0.0771 e.